The molecule has 2 aromatic heterocycles. The fraction of sp³-hybridized carbons (Fsp3) is 0.350. The third-order valence-electron chi connectivity index (χ3n) is 5.34. The summed E-state index contributed by atoms with van der Waals surface area (Å²) in [5, 5.41) is 0.831. The number of hydrogen-bond acceptors (Lipinski definition) is 6. The molecule has 0 spiro atoms. The fourth-order valence-corrected chi connectivity index (χ4v) is 5.35. The van der Waals surface area contributed by atoms with Crippen molar-refractivity contribution in [1.82, 2.24) is 19.3 Å². The zero-order valence-electron chi connectivity index (χ0n) is 16.0. The maximum Gasteiger partial charge on any atom is 0.245 e. The molecule has 1 aliphatic rings. The Morgan fingerprint density at radius 1 is 1.07 bits per heavy atom. The van der Waals surface area contributed by atoms with Gasteiger partial charge >= 0.3 is 0 Å². The van der Waals surface area contributed by atoms with Gasteiger partial charge in [0.1, 0.15) is 17.0 Å². The van der Waals surface area contributed by atoms with Gasteiger partial charge in [0.15, 0.2) is 0 Å². The molecule has 0 unspecified atom stereocenters. The minimum atomic E-state index is -3.58. The van der Waals surface area contributed by atoms with E-state index >= 15 is 0 Å². The lowest BCUT2D eigenvalue weighted by Gasteiger charge is -2.36. The molecule has 0 saturated carbocycles. The van der Waals surface area contributed by atoms with E-state index in [2.05, 4.69) is 19.9 Å². The number of aryl methyl sites for hydroxylation is 1. The van der Waals surface area contributed by atoms with Crippen LogP contribution in [0.25, 0.3) is 10.9 Å². The number of pyridine rings is 1. The normalized spacial score (nSPS) is 16.4. The van der Waals surface area contributed by atoms with Gasteiger partial charge in [-0.15, -0.1) is 0 Å². The van der Waals surface area contributed by atoms with Crippen molar-refractivity contribution in [2.45, 2.75) is 30.7 Å². The smallest absolute Gasteiger partial charge is 0.245 e. The zero-order chi connectivity index (χ0) is 19.7. The molecular weight excluding hydrogens is 374 g/mol. The monoisotopic (exact) mass is 397 g/mol. The van der Waals surface area contributed by atoms with Crippen LogP contribution in [0.1, 0.15) is 18.5 Å². The molecular formula is C20H23N5O2S. The van der Waals surface area contributed by atoms with Gasteiger partial charge in [-0.25, -0.2) is 18.4 Å². The molecule has 0 atom stereocenters. The van der Waals surface area contributed by atoms with Crippen molar-refractivity contribution in [3.05, 3.63) is 54.6 Å². The Morgan fingerprint density at radius 2 is 1.82 bits per heavy atom. The lowest BCUT2D eigenvalue weighted by atomic mass is 10.1. The van der Waals surface area contributed by atoms with Crippen molar-refractivity contribution in [2.75, 3.05) is 25.0 Å². The van der Waals surface area contributed by atoms with Crippen molar-refractivity contribution >= 4 is 26.7 Å². The molecule has 146 valence electrons. The van der Waals surface area contributed by atoms with Gasteiger partial charge in [0, 0.05) is 49.5 Å². The fourth-order valence-electron chi connectivity index (χ4n) is 3.71. The number of sulfonamides is 1. The topological polar surface area (TPSA) is 79.3 Å². The molecule has 4 rings (SSSR count). The summed E-state index contributed by atoms with van der Waals surface area (Å²) in [7, 11) is -1.58. The van der Waals surface area contributed by atoms with E-state index < -0.39 is 10.0 Å². The summed E-state index contributed by atoms with van der Waals surface area (Å²) in [5.41, 5.74) is 1.45. The van der Waals surface area contributed by atoms with E-state index in [1.165, 1.54) is 0 Å². The molecule has 3 heterocycles. The Hall–Kier alpha value is -2.58. The van der Waals surface area contributed by atoms with Gasteiger partial charge in [-0.05, 0) is 31.9 Å². The van der Waals surface area contributed by atoms with Gasteiger partial charge in [-0.3, -0.25) is 4.98 Å². The molecule has 1 saturated heterocycles. The first-order chi connectivity index (χ1) is 13.5. The summed E-state index contributed by atoms with van der Waals surface area (Å²) in [6.07, 6.45) is 4.69. The standard InChI is InChI=1S/C20H23N5O2S/c1-15-13-19(23-14-22-15)24(2)17-8-11-25(12-9-17)28(26,27)18-7-3-5-16-6-4-10-21-20(16)18/h3-7,10,13-14,17H,8-9,11-12H2,1-2H3. The summed E-state index contributed by atoms with van der Waals surface area (Å²) >= 11 is 0. The lowest BCUT2D eigenvalue weighted by molar-refractivity contribution is 0.314. The van der Waals surface area contributed by atoms with Crippen LogP contribution < -0.4 is 4.90 Å². The summed E-state index contributed by atoms with van der Waals surface area (Å²) < 4.78 is 28.1. The molecule has 0 N–H and O–H groups in total. The second-order valence-electron chi connectivity index (χ2n) is 7.10. The molecule has 0 bridgehead atoms. The Kier molecular flexibility index (Phi) is 4.99. The highest BCUT2D eigenvalue weighted by Gasteiger charge is 2.32. The van der Waals surface area contributed by atoms with E-state index in [1.54, 1.807) is 29.0 Å². The maximum absolute atomic E-state index is 13.2. The van der Waals surface area contributed by atoms with Crippen molar-refractivity contribution in [3.63, 3.8) is 0 Å². The van der Waals surface area contributed by atoms with Crippen molar-refractivity contribution < 1.29 is 8.42 Å². The molecule has 0 amide bonds. The number of anilines is 1. The molecule has 1 fully saturated rings. The number of nitrogens with zero attached hydrogens (tertiary/aromatic N) is 5. The van der Waals surface area contributed by atoms with Crippen LogP contribution in [-0.4, -0.2) is 53.9 Å². The second-order valence-corrected chi connectivity index (χ2v) is 9.00. The average molecular weight is 398 g/mol. The largest absolute Gasteiger partial charge is 0.356 e. The molecule has 3 aromatic rings. The first kappa shape index (κ1) is 18.8. The summed E-state index contributed by atoms with van der Waals surface area (Å²) in [4.78, 5) is 15.2. The number of para-hydroxylation sites is 1. The Labute approximate surface area is 165 Å². The zero-order valence-corrected chi connectivity index (χ0v) is 16.8. The van der Waals surface area contributed by atoms with E-state index in [1.807, 2.05) is 38.2 Å². The van der Waals surface area contributed by atoms with E-state index in [0.717, 1.165) is 29.7 Å². The van der Waals surface area contributed by atoms with Gasteiger partial charge < -0.3 is 4.90 Å². The Balaban J connectivity index is 1.53. The first-order valence-electron chi connectivity index (χ1n) is 9.32. The van der Waals surface area contributed by atoms with Gasteiger partial charge in [0.2, 0.25) is 10.0 Å². The minimum Gasteiger partial charge on any atom is -0.356 e. The number of piperidine rings is 1. The van der Waals surface area contributed by atoms with E-state index in [4.69, 9.17) is 0 Å². The molecule has 0 radical (unpaired) electrons. The van der Waals surface area contributed by atoms with Crippen LogP contribution in [0.5, 0.6) is 0 Å². The molecule has 1 aliphatic heterocycles. The minimum absolute atomic E-state index is 0.242. The summed E-state index contributed by atoms with van der Waals surface area (Å²) in [5.74, 6) is 0.868. The van der Waals surface area contributed by atoms with Crippen molar-refractivity contribution in [1.29, 1.82) is 0 Å². The summed E-state index contributed by atoms with van der Waals surface area (Å²) in [6.45, 7) is 2.89. The van der Waals surface area contributed by atoms with E-state index in [9.17, 15) is 8.42 Å². The highest BCUT2D eigenvalue weighted by atomic mass is 32.2. The quantitative estimate of drug-likeness (QED) is 0.673. The van der Waals surface area contributed by atoms with Crippen LogP contribution in [0.15, 0.2) is 53.8 Å². The van der Waals surface area contributed by atoms with Crippen LogP contribution in [0.2, 0.25) is 0 Å². The van der Waals surface area contributed by atoms with Crippen molar-refractivity contribution in [3.8, 4) is 0 Å². The van der Waals surface area contributed by atoms with Gasteiger partial charge in [0.05, 0.1) is 5.52 Å². The number of rotatable bonds is 4. The molecule has 28 heavy (non-hydrogen) atoms. The third-order valence-corrected chi connectivity index (χ3v) is 7.27. The number of benzene rings is 1. The second kappa shape index (κ2) is 7.44. The lowest BCUT2D eigenvalue weighted by Crippen LogP contribution is -2.45. The molecule has 1 aromatic carbocycles. The Morgan fingerprint density at radius 3 is 2.57 bits per heavy atom. The predicted octanol–water partition coefficient (Wildman–Crippen LogP) is 2.62. The van der Waals surface area contributed by atoms with Crippen LogP contribution in [-0.2, 0) is 10.0 Å². The van der Waals surface area contributed by atoms with Crippen LogP contribution >= 0.6 is 0 Å². The SMILES string of the molecule is Cc1cc(N(C)C2CCN(S(=O)(=O)c3cccc4cccnc34)CC2)ncn1. The number of hydrogen-bond donors (Lipinski definition) is 0. The third kappa shape index (κ3) is 3.45. The van der Waals surface area contributed by atoms with Crippen LogP contribution in [0.3, 0.4) is 0 Å². The Bertz CT molecular complexity index is 1090. The van der Waals surface area contributed by atoms with E-state index in [0.29, 0.717) is 18.6 Å². The van der Waals surface area contributed by atoms with Gasteiger partial charge in [0.25, 0.3) is 0 Å². The van der Waals surface area contributed by atoms with E-state index in [-0.39, 0.29) is 10.9 Å². The average Bonchev–Trinajstić information content (AvgIpc) is 2.73. The maximum atomic E-state index is 13.2. The predicted molar refractivity (Wildman–Crippen MR) is 109 cm³/mol. The number of aromatic nitrogens is 3. The van der Waals surface area contributed by atoms with Crippen LogP contribution in [0, 0.1) is 6.92 Å². The summed E-state index contributed by atoms with van der Waals surface area (Å²) in [6, 6.07) is 11.2. The molecule has 8 heteroatoms. The highest BCUT2D eigenvalue weighted by Crippen LogP contribution is 2.28. The molecule has 7 nitrogen and oxygen atoms in total. The van der Waals surface area contributed by atoms with Gasteiger partial charge in [-0.2, -0.15) is 4.31 Å². The highest BCUT2D eigenvalue weighted by molar-refractivity contribution is 7.89. The van der Waals surface area contributed by atoms with Crippen LogP contribution in [0.4, 0.5) is 5.82 Å². The number of fused-ring (bicyclic) bond motifs is 1. The first-order valence-corrected chi connectivity index (χ1v) is 10.8. The molecule has 0 aliphatic carbocycles. The van der Waals surface area contributed by atoms with Gasteiger partial charge in [-0.1, -0.05) is 18.2 Å². The van der Waals surface area contributed by atoms with Crippen molar-refractivity contribution in [2.24, 2.45) is 0 Å².